The molecule has 18 heavy (non-hydrogen) atoms. The van der Waals surface area contributed by atoms with Gasteiger partial charge in [0.05, 0.1) is 25.9 Å². The molecule has 0 unspecified atom stereocenters. The average Bonchev–Trinajstić information content (AvgIpc) is 2.83. The number of hydrogen-bond acceptors (Lipinski definition) is 3. The maximum Gasteiger partial charge on any atom is 0.227 e. The van der Waals surface area contributed by atoms with Crippen molar-refractivity contribution < 1.29 is 13.9 Å². The molecule has 94 valence electrons. The Balaban J connectivity index is 1.77. The van der Waals surface area contributed by atoms with Gasteiger partial charge in [-0.05, 0) is 6.07 Å². The van der Waals surface area contributed by atoms with Gasteiger partial charge in [0, 0.05) is 24.0 Å². The highest BCUT2D eigenvalue weighted by molar-refractivity contribution is 5.87. The van der Waals surface area contributed by atoms with E-state index in [1.807, 2.05) is 29.2 Å². The van der Waals surface area contributed by atoms with Gasteiger partial charge >= 0.3 is 0 Å². The van der Waals surface area contributed by atoms with E-state index in [9.17, 15) is 4.79 Å². The van der Waals surface area contributed by atoms with Crippen LogP contribution in [0.3, 0.4) is 0 Å². The van der Waals surface area contributed by atoms with Crippen molar-refractivity contribution in [3.8, 4) is 0 Å². The quantitative estimate of drug-likeness (QED) is 0.810. The fourth-order valence-electron chi connectivity index (χ4n) is 2.26. The fraction of sp³-hybridized carbons (Fsp3) is 0.357. The molecule has 1 fully saturated rings. The Kier molecular flexibility index (Phi) is 3.02. The predicted octanol–water partition coefficient (Wildman–Crippen LogP) is 1.83. The van der Waals surface area contributed by atoms with Gasteiger partial charge in [0.1, 0.15) is 5.58 Å². The lowest BCUT2D eigenvalue weighted by Crippen LogP contribution is -2.41. The first kappa shape index (κ1) is 11.3. The second-order valence-electron chi connectivity index (χ2n) is 4.43. The van der Waals surface area contributed by atoms with Gasteiger partial charge in [0.25, 0.3) is 0 Å². The first-order valence-electron chi connectivity index (χ1n) is 6.15. The van der Waals surface area contributed by atoms with Gasteiger partial charge in [-0.25, -0.2) is 0 Å². The van der Waals surface area contributed by atoms with Crippen LogP contribution in [0.15, 0.2) is 34.9 Å². The summed E-state index contributed by atoms with van der Waals surface area (Å²) >= 11 is 0. The van der Waals surface area contributed by atoms with Crippen molar-refractivity contribution in [2.45, 2.75) is 6.42 Å². The van der Waals surface area contributed by atoms with Gasteiger partial charge in [-0.15, -0.1) is 0 Å². The minimum Gasteiger partial charge on any atom is -0.464 e. The Hall–Kier alpha value is -1.81. The van der Waals surface area contributed by atoms with Crippen molar-refractivity contribution >= 4 is 16.9 Å². The Morgan fingerprint density at radius 1 is 1.22 bits per heavy atom. The first-order valence-corrected chi connectivity index (χ1v) is 6.15. The lowest BCUT2D eigenvalue weighted by atomic mass is 10.1. The van der Waals surface area contributed by atoms with Crippen LogP contribution in [0.1, 0.15) is 5.56 Å². The number of benzene rings is 1. The van der Waals surface area contributed by atoms with Crippen LogP contribution in [0.4, 0.5) is 0 Å². The van der Waals surface area contributed by atoms with Gasteiger partial charge < -0.3 is 14.1 Å². The normalized spacial score (nSPS) is 16.1. The smallest absolute Gasteiger partial charge is 0.227 e. The summed E-state index contributed by atoms with van der Waals surface area (Å²) < 4.78 is 10.7. The summed E-state index contributed by atoms with van der Waals surface area (Å²) in [6.07, 6.45) is 2.08. The van der Waals surface area contributed by atoms with Crippen LogP contribution < -0.4 is 0 Å². The first-order chi connectivity index (χ1) is 8.84. The Labute approximate surface area is 105 Å². The molecule has 4 heteroatoms. The number of nitrogens with zero attached hydrogens (tertiary/aromatic N) is 1. The van der Waals surface area contributed by atoms with E-state index in [2.05, 4.69) is 0 Å². The van der Waals surface area contributed by atoms with Crippen LogP contribution in [-0.2, 0) is 16.0 Å². The van der Waals surface area contributed by atoms with E-state index < -0.39 is 0 Å². The summed E-state index contributed by atoms with van der Waals surface area (Å²) in [6.45, 7) is 2.65. The van der Waals surface area contributed by atoms with E-state index in [0.717, 1.165) is 16.5 Å². The van der Waals surface area contributed by atoms with Gasteiger partial charge in [0.2, 0.25) is 5.91 Å². The highest BCUT2D eigenvalue weighted by atomic mass is 16.5. The number of carbonyl (C=O) groups excluding carboxylic acids is 1. The number of amides is 1. The molecule has 1 saturated heterocycles. The zero-order valence-corrected chi connectivity index (χ0v) is 10.1. The number of carbonyl (C=O) groups is 1. The Bertz CT molecular complexity index is 555. The molecule has 1 amide bonds. The summed E-state index contributed by atoms with van der Waals surface area (Å²) in [5.41, 5.74) is 1.80. The third kappa shape index (κ3) is 2.11. The molecule has 3 rings (SSSR count). The monoisotopic (exact) mass is 245 g/mol. The summed E-state index contributed by atoms with van der Waals surface area (Å²) in [6, 6.07) is 7.79. The molecule has 2 aromatic rings. The molecular formula is C14H15NO3. The number of rotatable bonds is 2. The van der Waals surface area contributed by atoms with Crippen molar-refractivity contribution in [2.24, 2.45) is 0 Å². The Morgan fingerprint density at radius 3 is 2.83 bits per heavy atom. The minimum absolute atomic E-state index is 0.143. The van der Waals surface area contributed by atoms with E-state index in [1.165, 1.54) is 0 Å². The van der Waals surface area contributed by atoms with Crippen molar-refractivity contribution in [1.82, 2.24) is 4.90 Å². The Morgan fingerprint density at radius 2 is 2.00 bits per heavy atom. The van der Waals surface area contributed by atoms with Crippen LogP contribution in [0.25, 0.3) is 11.0 Å². The molecule has 1 aromatic carbocycles. The zero-order chi connectivity index (χ0) is 12.4. The molecule has 1 aromatic heterocycles. The molecular weight excluding hydrogens is 230 g/mol. The molecule has 0 bridgehead atoms. The second kappa shape index (κ2) is 4.82. The highest BCUT2D eigenvalue weighted by Gasteiger charge is 2.18. The van der Waals surface area contributed by atoms with Crippen LogP contribution in [0, 0.1) is 0 Å². The minimum atomic E-state index is 0.143. The molecule has 0 spiro atoms. The molecule has 0 aliphatic carbocycles. The van der Waals surface area contributed by atoms with E-state index in [0.29, 0.717) is 32.7 Å². The number of hydrogen-bond donors (Lipinski definition) is 0. The number of fused-ring (bicyclic) bond motifs is 1. The largest absolute Gasteiger partial charge is 0.464 e. The van der Waals surface area contributed by atoms with E-state index in [-0.39, 0.29) is 5.91 Å². The van der Waals surface area contributed by atoms with Crippen LogP contribution in [0.2, 0.25) is 0 Å². The molecule has 0 atom stereocenters. The topological polar surface area (TPSA) is 42.7 Å². The number of furan rings is 1. The van der Waals surface area contributed by atoms with Gasteiger partial charge in [-0.3, -0.25) is 4.79 Å². The standard InChI is InChI=1S/C14H15NO3/c16-14(15-5-7-17-8-6-15)9-11-10-18-13-4-2-1-3-12(11)13/h1-4,10H,5-9H2. The molecule has 0 saturated carbocycles. The third-order valence-corrected chi connectivity index (χ3v) is 3.27. The van der Waals surface area contributed by atoms with E-state index in [4.69, 9.17) is 9.15 Å². The maximum absolute atomic E-state index is 12.1. The summed E-state index contributed by atoms with van der Waals surface area (Å²) in [7, 11) is 0. The lowest BCUT2D eigenvalue weighted by Gasteiger charge is -2.26. The number of morpholine rings is 1. The number of para-hydroxylation sites is 1. The van der Waals surface area contributed by atoms with Gasteiger partial charge in [-0.1, -0.05) is 18.2 Å². The van der Waals surface area contributed by atoms with Crippen molar-refractivity contribution in [3.63, 3.8) is 0 Å². The molecule has 2 heterocycles. The lowest BCUT2D eigenvalue weighted by molar-refractivity contribution is -0.134. The SMILES string of the molecule is O=C(Cc1coc2ccccc12)N1CCOCC1. The summed E-state index contributed by atoms with van der Waals surface area (Å²) in [5.74, 6) is 0.143. The van der Waals surface area contributed by atoms with E-state index in [1.54, 1.807) is 6.26 Å². The van der Waals surface area contributed by atoms with Crippen LogP contribution >= 0.6 is 0 Å². The molecule has 0 radical (unpaired) electrons. The predicted molar refractivity (Wildman–Crippen MR) is 67.3 cm³/mol. The maximum atomic E-state index is 12.1. The van der Waals surface area contributed by atoms with Gasteiger partial charge in [0.15, 0.2) is 0 Å². The third-order valence-electron chi connectivity index (χ3n) is 3.27. The summed E-state index contributed by atoms with van der Waals surface area (Å²) in [4.78, 5) is 14.0. The molecule has 4 nitrogen and oxygen atoms in total. The molecule has 1 aliphatic rings. The fourth-order valence-corrected chi connectivity index (χ4v) is 2.26. The zero-order valence-electron chi connectivity index (χ0n) is 10.1. The molecule has 0 N–H and O–H groups in total. The van der Waals surface area contributed by atoms with Crippen molar-refractivity contribution in [3.05, 3.63) is 36.1 Å². The van der Waals surface area contributed by atoms with Crippen LogP contribution in [-0.4, -0.2) is 37.1 Å². The van der Waals surface area contributed by atoms with E-state index >= 15 is 0 Å². The average molecular weight is 245 g/mol. The van der Waals surface area contributed by atoms with Gasteiger partial charge in [-0.2, -0.15) is 0 Å². The highest BCUT2D eigenvalue weighted by Crippen LogP contribution is 2.21. The van der Waals surface area contributed by atoms with Crippen LogP contribution in [0.5, 0.6) is 0 Å². The van der Waals surface area contributed by atoms with Crippen molar-refractivity contribution in [2.75, 3.05) is 26.3 Å². The summed E-state index contributed by atoms with van der Waals surface area (Å²) in [5, 5.41) is 1.03. The second-order valence-corrected chi connectivity index (χ2v) is 4.43. The number of ether oxygens (including phenoxy) is 1. The molecule has 1 aliphatic heterocycles. The van der Waals surface area contributed by atoms with Crippen molar-refractivity contribution in [1.29, 1.82) is 0 Å².